The van der Waals surface area contributed by atoms with Gasteiger partial charge in [0.05, 0.1) is 0 Å². The highest BCUT2D eigenvalue weighted by Gasteiger charge is 2.27. The first kappa shape index (κ1) is 19.2. The molecule has 0 spiro atoms. The molecular formula is C22H40N2O. The van der Waals surface area contributed by atoms with E-state index in [0.717, 1.165) is 44.2 Å². The Labute approximate surface area is 155 Å². The molecular weight excluding hydrogens is 308 g/mol. The van der Waals surface area contributed by atoms with Crippen LogP contribution in [0.5, 0.6) is 0 Å². The highest BCUT2D eigenvalue weighted by atomic mass is 16.1. The lowest BCUT2D eigenvalue weighted by Crippen LogP contribution is -2.40. The van der Waals surface area contributed by atoms with Crippen molar-refractivity contribution >= 4 is 5.91 Å². The maximum atomic E-state index is 12.6. The third kappa shape index (κ3) is 6.27. The van der Waals surface area contributed by atoms with Gasteiger partial charge in [0, 0.05) is 18.5 Å². The van der Waals surface area contributed by atoms with Crippen LogP contribution in [0.15, 0.2) is 0 Å². The van der Waals surface area contributed by atoms with E-state index in [9.17, 15) is 4.79 Å². The summed E-state index contributed by atoms with van der Waals surface area (Å²) in [6.07, 6.45) is 20.3. The second-order valence-corrected chi connectivity index (χ2v) is 8.98. The molecule has 2 N–H and O–H groups in total. The first-order valence-corrected chi connectivity index (χ1v) is 11.3. The van der Waals surface area contributed by atoms with Gasteiger partial charge in [0.25, 0.3) is 0 Å². The van der Waals surface area contributed by atoms with Gasteiger partial charge in [-0.25, -0.2) is 0 Å². The summed E-state index contributed by atoms with van der Waals surface area (Å²) >= 11 is 0. The van der Waals surface area contributed by atoms with Crippen molar-refractivity contribution in [3.8, 4) is 0 Å². The Morgan fingerprint density at radius 1 is 0.680 bits per heavy atom. The van der Waals surface area contributed by atoms with Gasteiger partial charge in [-0.05, 0) is 37.6 Å². The number of nitrogens with one attached hydrogen (secondary N) is 2. The molecule has 1 saturated heterocycles. The monoisotopic (exact) mass is 348 g/mol. The lowest BCUT2D eigenvalue weighted by atomic mass is 9.76. The van der Waals surface area contributed by atoms with Crippen molar-refractivity contribution in [2.24, 2.45) is 17.8 Å². The minimum absolute atomic E-state index is 0.280. The quantitative estimate of drug-likeness (QED) is 0.769. The van der Waals surface area contributed by atoms with E-state index >= 15 is 0 Å². The highest BCUT2D eigenvalue weighted by Crippen LogP contribution is 2.36. The van der Waals surface area contributed by atoms with Crippen LogP contribution in [0.25, 0.3) is 0 Å². The van der Waals surface area contributed by atoms with Crippen molar-refractivity contribution in [2.45, 2.75) is 102 Å². The van der Waals surface area contributed by atoms with Crippen molar-refractivity contribution in [1.82, 2.24) is 10.6 Å². The van der Waals surface area contributed by atoms with Crippen LogP contribution in [0.4, 0.5) is 0 Å². The van der Waals surface area contributed by atoms with E-state index in [1.54, 1.807) is 0 Å². The van der Waals surface area contributed by atoms with Crippen LogP contribution < -0.4 is 10.6 Å². The maximum absolute atomic E-state index is 12.6. The van der Waals surface area contributed by atoms with Crippen molar-refractivity contribution in [3.05, 3.63) is 0 Å². The number of amides is 1. The van der Waals surface area contributed by atoms with Crippen LogP contribution in [-0.4, -0.2) is 25.0 Å². The van der Waals surface area contributed by atoms with Gasteiger partial charge >= 0.3 is 0 Å². The van der Waals surface area contributed by atoms with Gasteiger partial charge in [-0.3, -0.25) is 4.79 Å². The summed E-state index contributed by atoms with van der Waals surface area (Å²) in [5.74, 6) is 2.55. The Kier molecular flexibility index (Phi) is 8.10. The lowest BCUT2D eigenvalue weighted by Gasteiger charge is -2.31. The summed E-state index contributed by atoms with van der Waals surface area (Å²) in [5, 5.41) is 6.64. The fourth-order valence-electron chi connectivity index (χ4n) is 5.51. The second-order valence-electron chi connectivity index (χ2n) is 8.98. The fourth-order valence-corrected chi connectivity index (χ4v) is 5.51. The summed E-state index contributed by atoms with van der Waals surface area (Å²) in [6, 6.07) is 0.379. The molecule has 1 heterocycles. The largest absolute Gasteiger partial charge is 0.352 e. The molecule has 0 aromatic heterocycles. The minimum Gasteiger partial charge on any atom is -0.352 e. The van der Waals surface area contributed by atoms with Gasteiger partial charge in [0.15, 0.2) is 0 Å². The summed E-state index contributed by atoms with van der Waals surface area (Å²) < 4.78 is 0. The number of hydrogen-bond donors (Lipinski definition) is 2. The molecule has 0 aromatic carbocycles. The van der Waals surface area contributed by atoms with E-state index < -0.39 is 0 Å². The molecule has 1 atom stereocenters. The number of rotatable bonds is 3. The Balaban J connectivity index is 1.43. The molecule has 3 fully saturated rings. The minimum atomic E-state index is 0.280. The van der Waals surface area contributed by atoms with Gasteiger partial charge < -0.3 is 10.6 Å². The molecule has 0 bridgehead atoms. The third-order valence-corrected chi connectivity index (χ3v) is 7.10. The first-order chi connectivity index (χ1) is 12.3. The van der Waals surface area contributed by atoms with Crippen LogP contribution in [0.3, 0.4) is 0 Å². The molecule has 0 aromatic rings. The molecule has 144 valence electrons. The molecule has 2 aliphatic carbocycles. The number of hydrogen-bond acceptors (Lipinski definition) is 2. The van der Waals surface area contributed by atoms with Crippen LogP contribution in [-0.2, 0) is 4.79 Å². The first-order valence-electron chi connectivity index (χ1n) is 11.3. The smallest absolute Gasteiger partial charge is 0.223 e. The molecule has 3 aliphatic rings. The lowest BCUT2D eigenvalue weighted by molar-refractivity contribution is -0.126. The zero-order valence-electron chi connectivity index (χ0n) is 16.2. The Morgan fingerprint density at radius 2 is 1.24 bits per heavy atom. The van der Waals surface area contributed by atoms with E-state index in [2.05, 4.69) is 10.6 Å². The average molecular weight is 349 g/mol. The van der Waals surface area contributed by atoms with Crippen molar-refractivity contribution < 1.29 is 4.79 Å². The van der Waals surface area contributed by atoms with Gasteiger partial charge in [0.1, 0.15) is 0 Å². The van der Waals surface area contributed by atoms with Gasteiger partial charge in [-0.15, -0.1) is 0 Å². The number of carbonyl (C=O) groups is 1. The van der Waals surface area contributed by atoms with Crippen LogP contribution in [0.2, 0.25) is 0 Å². The van der Waals surface area contributed by atoms with Crippen LogP contribution >= 0.6 is 0 Å². The fraction of sp³-hybridized carbons (Fsp3) is 0.955. The summed E-state index contributed by atoms with van der Waals surface area (Å²) in [4.78, 5) is 12.6. The average Bonchev–Trinajstić information content (AvgIpc) is 3.11. The van der Waals surface area contributed by atoms with Crippen molar-refractivity contribution in [1.29, 1.82) is 0 Å². The zero-order valence-corrected chi connectivity index (χ0v) is 16.2. The molecule has 0 radical (unpaired) electrons. The Bertz CT molecular complexity index is 371. The maximum Gasteiger partial charge on any atom is 0.223 e. The van der Waals surface area contributed by atoms with Gasteiger partial charge in [-0.1, -0.05) is 77.0 Å². The molecule has 3 heteroatoms. The standard InChI is InChI=1S/C22H40N2O/c25-22(24-21-15-16-23-17-21)20-13-7-11-19(12-8-14-20)18-9-5-3-1-2-4-6-10-18/h18-21,23H,1-17H2,(H,24,25)/t19?,20?,21-/m1/s1. The summed E-state index contributed by atoms with van der Waals surface area (Å²) in [5.41, 5.74) is 0. The zero-order chi connectivity index (χ0) is 17.3. The Hall–Kier alpha value is -0.570. The highest BCUT2D eigenvalue weighted by molar-refractivity contribution is 5.79. The van der Waals surface area contributed by atoms with Gasteiger partial charge in [0.2, 0.25) is 5.91 Å². The van der Waals surface area contributed by atoms with E-state index in [-0.39, 0.29) is 5.92 Å². The number of carbonyl (C=O) groups excluding carboxylic acids is 1. The molecule has 0 unspecified atom stereocenters. The SMILES string of the molecule is O=C(N[C@@H]1CCNC1)C1CCCC(C2CCCCCCCC2)CCC1. The van der Waals surface area contributed by atoms with Crippen molar-refractivity contribution in [2.75, 3.05) is 13.1 Å². The van der Waals surface area contributed by atoms with Gasteiger partial charge in [-0.2, -0.15) is 0 Å². The van der Waals surface area contributed by atoms with E-state index in [1.165, 1.54) is 77.0 Å². The van der Waals surface area contributed by atoms with E-state index in [1.807, 2.05) is 0 Å². The molecule has 3 rings (SSSR count). The summed E-state index contributed by atoms with van der Waals surface area (Å²) in [7, 11) is 0. The van der Waals surface area contributed by atoms with E-state index in [0.29, 0.717) is 11.9 Å². The second kappa shape index (κ2) is 10.5. The molecule has 3 nitrogen and oxygen atoms in total. The van der Waals surface area contributed by atoms with Crippen LogP contribution in [0.1, 0.15) is 96.3 Å². The molecule has 1 amide bonds. The molecule has 2 saturated carbocycles. The Morgan fingerprint density at radius 3 is 1.80 bits per heavy atom. The topological polar surface area (TPSA) is 41.1 Å². The molecule has 1 aliphatic heterocycles. The van der Waals surface area contributed by atoms with E-state index in [4.69, 9.17) is 0 Å². The predicted octanol–water partition coefficient (Wildman–Crippen LogP) is 4.80. The predicted molar refractivity (Wildman–Crippen MR) is 105 cm³/mol. The molecule has 25 heavy (non-hydrogen) atoms. The van der Waals surface area contributed by atoms with Crippen LogP contribution in [0, 0.1) is 17.8 Å². The van der Waals surface area contributed by atoms with Crippen molar-refractivity contribution in [3.63, 3.8) is 0 Å². The summed E-state index contributed by atoms with van der Waals surface area (Å²) in [6.45, 7) is 2.01. The third-order valence-electron chi connectivity index (χ3n) is 7.10. The normalized spacial score (nSPS) is 33.5.